The molecule has 2 aromatic heterocycles. The van der Waals surface area contributed by atoms with Gasteiger partial charge in [0.05, 0.1) is 5.71 Å². The van der Waals surface area contributed by atoms with E-state index in [4.69, 9.17) is 9.63 Å². The zero-order valence-electron chi connectivity index (χ0n) is 18.2. The number of nitrogens with zero attached hydrogens (tertiary/aromatic N) is 4. The molecule has 0 saturated carbocycles. The number of aromatic nitrogens is 3. The van der Waals surface area contributed by atoms with E-state index >= 15 is 0 Å². The van der Waals surface area contributed by atoms with E-state index < -0.39 is 0 Å². The summed E-state index contributed by atoms with van der Waals surface area (Å²) < 4.78 is 4.53. The highest BCUT2D eigenvalue weighted by Crippen LogP contribution is 2.34. The fourth-order valence-corrected chi connectivity index (χ4v) is 4.11. The van der Waals surface area contributed by atoms with Crippen LogP contribution in [0.25, 0.3) is 10.9 Å². The third kappa shape index (κ3) is 4.42. The van der Waals surface area contributed by atoms with E-state index in [-0.39, 0.29) is 0 Å². The third-order valence-corrected chi connectivity index (χ3v) is 5.37. The molecule has 0 N–H and O–H groups in total. The highest BCUT2D eigenvalue weighted by molar-refractivity contribution is 6.13. The minimum atomic E-state index is 0.319. The molecule has 0 bridgehead atoms. The van der Waals surface area contributed by atoms with Crippen molar-refractivity contribution in [2.45, 2.75) is 46.6 Å². The highest BCUT2D eigenvalue weighted by atomic mass is 16.6. The lowest BCUT2D eigenvalue weighted by Gasteiger charge is -2.18. The van der Waals surface area contributed by atoms with Gasteiger partial charge in [-0.1, -0.05) is 37.2 Å². The largest absolute Gasteiger partial charge is 0.399 e. The van der Waals surface area contributed by atoms with E-state index in [1.807, 2.05) is 33.8 Å². The van der Waals surface area contributed by atoms with E-state index in [0.717, 1.165) is 37.3 Å². The molecule has 29 heavy (non-hydrogen) atoms. The molecule has 2 heterocycles. The molecule has 6 heteroatoms. The predicted octanol–water partition coefficient (Wildman–Crippen LogP) is 4.53. The molecule has 156 valence electrons. The summed E-state index contributed by atoms with van der Waals surface area (Å²) in [6.45, 7) is 8.93. The first kappa shape index (κ1) is 22.4. The summed E-state index contributed by atoms with van der Waals surface area (Å²) in [5.74, 6) is 1.36. The van der Waals surface area contributed by atoms with Crippen molar-refractivity contribution in [3.8, 4) is 0 Å². The molecular weight excluding hydrogens is 364 g/mol. The quantitative estimate of drug-likeness (QED) is 0.483. The van der Waals surface area contributed by atoms with Gasteiger partial charge in [0.25, 0.3) is 0 Å². The van der Waals surface area contributed by atoms with Gasteiger partial charge >= 0.3 is 0 Å². The average Bonchev–Trinajstić information content (AvgIpc) is 3.23. The average molecular weight is 397 g/mol. The molecule has 1 aliphatic rings. The molecule has 4 rings (SSSR count). The van der Waals surface area contributed by atoms with Gasteiger partial charge in [0.15, 0.2) is 0 Å². The standard InChI is InChI=1S/C20H24N4O.C2H6.CH2O/c1-14-21-11-12-24(14)13-15-7-6-10-18-19(20(15)22-25-3)16-8-4-5-9-17(16)23(18)2;2*1-2/h4-5,8-9,11-12,15H,6-7,10,13H2,1-3H3;1-2H3;1H2/b22-20+;;. The van der Waals surface area contributed by atoms with Crippen LogP contribution < -0.4 is 0 Å². The SMILES string of the molecule is C=O.CC.CO/N=C1/c2c(n(C)c3ccccc23)CCCC1Cn1ccnc1C. The number of benzene rings is 1. The number of aryl methyl sites for hydroxylation is 2. The Labute approximate surface area is 173 Å². The van der Waals surface area contributed by atoms with Crippen LogP contribution in [-0.2, 0) is 29.6 Å². The second-order valence-corrected chi connectivity index (χ2v) is 6.77. The normalized spacial score (nSPS) is 16.9. The Balaban J connectivity index is 0.000000707. The fourth-order valence-electron chi connectivity index (χ4n) is 4.11. The molecule has 0 amide bonds. The van der Waals surface area contributed by atoms with Gasteiger partial charge in [0.1, 0.15) is 19.7 Å². The molecule has 1 aromatic carbocycles. The van der Waals surface area contributed by atoms with Crippen LogP contribution in [0.15, 0.2) is 41.8 Å². The Morgan fingerprint density at radius 1 is 1.28 bits per heavy atom. The first-order valence-electron chi connectivity index (χ1n) is 10.1. The molecule has 3 aromatic rings. The Bertz CT molecular complexity index is 955. The van der Waals surface area contributed by atoms with Gasteiger partial charge in [0.2, 0.25) is 0 Å². The van der Waals surface area contributed by atoms with Crippen LogP contribution in [0.1, 0.15) is 43.8 Å². The van der Waals surface area contributed by atoms with Gasteiger partial charge in [-0.2, -0.15) is 0 Å². The number of carbonyl (C=O) groups is 1. The summed E-state index contributed by atoms with van der Waals surface area (Å²) in [5, 5.41) is 5.78. The van der Waals surface area contributed by atoms with Crippen molar-refractivity contribution in [3.63, 3.8) is 0 Å². The van der Waals surface area contributed by atoms with Crippen LogP contribution in [0.4, 0.5) is 0 Å². The number of fused-ring (bicyclic) bond motifs is 3. The molecule has 1 aliphatic carbocycles. The molecule has 0 spiro atoms. The first-order valence-corrected chi connectivity index (χ1v) is 10.1. The Hall–Kier alpha value is -2.89. The molecule has 6 nitrogen and oxygen atoms in total. The highest BCUT2D eigenvalue weighted by Gasteiger charge is 2.29. The van der Waals surface area contributed by atoms with Crippen molar-refractivity contribution in [3.05, 3.63) is 53.7 Å². The number of para-hydroxylation sites is 1. The summed E-state index contributed by atoms with van der Waals surface area (Å²) in [5.41, 5.74) is 4.96. The number of imidazole rings is 1. The maximum atomic E-state index is 8.00. The molecule has 1 unspecified atom stereocenters. The van der Waals surface area contributed by atoms with Crippen LogP contribution in [0.5, 0.6) is 0 Å². The van der Waals surface area contributed by atoms with Gasteiger partial charge in [-0.3, -0.25) is 0 Å². The lowest BCUT2D eigenvalue weighted by atomic mass is 9.94. The van der Waals surface area contributed by atoms with Gasteiger partial charge in [0, 0.05) is 54.1 Å². The summed E-state index contributed by atoms with van der Waals surface area (Å²) in [6, 6.07) is 8.58. The van der Waals surface area contributed by atoms with E-state index in [1.165, 1.54) is 22.2 Å². The van der Waals surface area contributed by atoms with Crippen molar-refractivity contribution < 1.29 is 9.63 Å². The van der Waals surface area contributed by atoms with Crippen LogP contribution in [0.3, 0.4) is 0 Å². The van der Waals surface area contributed by atoms with Crippen molar-refractivity contribution in [1.29, 1.82) is 0 Å². The molecular formula is C23H32N4O2. The van der Waals surface area contributed by atoms with Crippen molar-refractivity contribution in [1.82, 2.24) is 14.1 Å². The second-order valence-electron chi connectivity index (χ2n) is 6.77. The summed E-state index contributed by atoms with van der Waals surface area (Å²) in [6.07, 6.45) is 7.24. The van der Waals surface area contributed by atoms with E-state index in [2.05, 4.69) is 56.8 Å². The lowest BCUT2D eigenvalue weighted by Crippen LogP contribution is -2.21. The smallest absolute Gasteiger partial charge is 0.106 e. The van der Waals surface area contributed by atoms with Crippen LogP contribution in [0.2, 0.25) is 0 Å². The third-order valence-electron chi connectivity index (χ3n) is 5.37. The Morgan fingerprint density at radius 2 is 2.00 bits per heavy atom. The first-order chi connectivity index (χ1) is 14.2. The predicted molar refractivity (Wildman–Crippen MR) is 118 cm³/mol. The zero-order valence-corrected chi connectivity index (χ0v) is 18.2. The maximum absolute atomic E-state index is 8.00. The van der Waals surface area contributed by atoms with Crippen molar-refractivity contribution in [2.75, 3.05) is 7.11 Å². The number of rotatable bonds is 3. The zero-order chi connectivity index (χ0) is 21.4. The molecule has 0 aliphatic heterocycles. The number of carbonyl (C=O) groups excluding carboxylic acids is 1. The van der Waals surface area contributed by atoms with E-state index in [9.17, 15) is 0 Å². The molecule has 0 fully saturated rings. The second kappa shape index (κ2) is 10.6. The van der Waals surface area contributed by atoms with E-state index in [0.29, 0.717) is 5.92 Å². The van der Waals surface area contributed by atoms with Gasteiger partial charge in [-0.25, -0.2) is 4.98 Å². The molecule has 0 saturated heterocycles. The van der Waals surface area contributed by atoms with Crippen LogP contribution in [0, 0.1) is 12.8 Å². The lowest BCUT2D eigenvalue weighted by molar-refractivity contribution is -0.0979. The Morgan fingerprint density at radius 3 is 2.66 bits per heavy atom. The summed E-state index contributed by atoms with van der Waals surface area (Å²) >= 11 is 0. The fraction of sp³-hybridized carbons (Fsp3) is 0.435. The van der Waals surface area contributed by atoms with Gasteiger partial charge in [-0.05, 0) is 32.3 Å². The minimum absolute atomic E-state index is 0.319. The van der Waals surface area contributed by atoms with Crippen molar-refractivity contribution >= 4 is 23.4 Å². The molecule has 0 radical (unpaired) electrons. The maximum Gasteiger partial charge on any atom is 0.106 e. The van der Waals surface area contributed by atoms with Crippen LogP contribution in [-0.4, -0.2) is 33.7 Å². The minimum Gasteiger partial charge on any atom is -0.399 e. The topological polar surface area (TPSA) is 61.4 Å². The number of hydrogen-bond donors (Lipinski definition) is 0. The monoisotopic (exact) mass is 396 g/mol. The Kier molecular flexibility index (Phi) is 8.19. The van der Waals surface area contributed by atoms with Crippen molar-refractivity contribution in [2.24, 2.45) is 18.1 Å². The van der Waals surface area contributed by atoms with Crippen LogP contribution >= 0.6 is 0 Å². The summed E-state index contributed by atoms with van der Waals surface area (Å²) in [7, 11) is 3.80. The number of hydrogen-bond acceptors (Lipinski definition) is 4. The molecule has 1 atom stereocenters. The van der Waals surface area contributed by atoms with Gasteiger partial charge < -0.3 is 18.8 Å². The summed E-state index contributed by atoms with van der Waals surface area (Å²) in [4.78, 5) is 17.6. The van der Waals surface area contributed by atoms with Gasteiger partial charge in [-0.15, -0.1) is 0 Å². The number of oxime groups is 1. The van der Waals surface area contributed by atoms with E-state index in [1.54, 1.807) is 7.11 Å².